The van der Waals surface area contributed by atoms with Gasteiger partial charge in [-0.3, -0.25) is 4.79 Å². The highest BCUT2D eigenvalue weighted by Gasteiger charge is 2.25. The second-order valence-corrected chi connectivity index (χ2v) is 7.72. The third kappa shape index (κ3) is 4.35. The third-order valence-electron chi connectivity index (χ3n) is 4.74. The predicted octanol–water partition coefficient (Wildman–Crippen LogP) is 5.25. The first-order chi connectivity index (χ1) is 12.5. The van der Waals surface area contributed by atoms with Crippen LogP contribution in [0, 0.1) is 13.8 Å². The molecule has 8 heteroatoms. The number of fused-ring (bicyclic) bond motifs is 1. The highest BCUT2D eigenvalue weighted by Crippen LogP contribution is 2.33. The Labute approximate surface area is 180 Å². The van der Waals surface area contributed by atoms with Gasteiger partial charge in [-0.15, -0.1) is 36.2 Å². The minimum Gasteiger partial charge on any atom is -0.459 e. The van der Waals surface area contributed by atoms with Crippen molar-refractivity contribution in [1.82, 2.24) is 10.3 Å². The van der Waals surface area contributed by atoms with Crippen molar-refractivity contribution in [2.24, 2.45) is 0 Å². The zero-order chi connectivity index (χ0) is 18.3. The fourth-order valence-corrected chi connectivity index (χ4v) is 4.40. The van der Waals surface area contributed by atoms with E-state index in [1.807, 2.05) is 44.2 Å². The van der Waals surface area contributed by atoms with E-state index in [1.165, 1.54) is 22.5 Å². The molecule has 5 nitrogen and oxygen atoms in total. The molecule has 0 saturated heterocycles. The molecule has 150 valence electrons. The summed E-state index contributed by atoms with van der Waals surface area (Å²) < 4.78 is 5.63. The highest BCUT2D eigenvalue weighted by atomic mass is 35.5. The molecule has 3 aromatic rings. The number of halogens is 2. The Morgan fingerprint density at radius 1 is 1.25 bits per heavy atom. The van der Waals surface area contributed by atoms with Crippen LogP contribution in [0.2, 0.25) is 0 Å². The molecule has 1 aliphatic rings. The number of aromatic nitrogens is 1. The number of thiazole rings is 1. The van der Waals surface area contributed by atoms with Crippen LogP contribution in [-0.4, -0.2) is 10.9 Å². The average molecular weight is 440 g/mol. The van der Waals surface area contributed by atoms with Gasteiger partial charge in [0.25, 0.3) is 5.91 Å². The van der Waals surface area contributed by atoms with Crippen molar-refractivity contribution < 1.29 is 9.21 Å². The quantitative estimate of drug-likeness (QED) is 0.545. The lowest BCUT2D eigenvalue weighted by Gasteiger charge is -2.26. The number of nitrogens with one attached hydrogen (secondary N) is 1. The van der Waals surface area contributed by atoms with Gasteiger partial charge in [-0.1, -0.05) is 6.07 Å². The number of nitrogens with zero attached hydrogens (tertiary/aromatic N) is 1. The molecule has 0 saturated carbocycles. The molecule has 2 aromatic heterocycles. The largest absolute Gasteiger partial charge is 0.459 e. The minimum atomic E-state index is -0.0794. The molecule has 1 unspecified atom stereocenters. The van der Waals surface area contributed by atoms with Crippen LogP contribution in [0.3, 0.4) is 0 Å². The maximum atomic E-state index is 12.9. The second kappa shape index (κ2) is 8.99. The summed E-state index contributed by atoms with van der Waals surface area (Å²) in [7, 11) is 0. The number of furan rings is 1. The van der Waals surface area contributed by atoms with Crippen molar-refractivity contribution in [3.05, 3.63) is 57.8 Å². The van der Waals surface area contributed by atoms with Crippen LogP contribution in [0.5, 0.6) is 0 Å². The number of nitrogen functional groups attached to an aromatic ring is 1. The van der Waals surface area contributed by atoms with Gasteiger partial charge in [-0.05, 0) is 68.5 Å². The first-order valence-electron chi connectivity index (χ1n) is 8.74. The topological polar surface area (TPSA) is 81.2 Å². The molecule has 1 aromatic carbocycles. The van der Waals surface area contributed by atoms with E-state index in [9.17, 15) is 4.79 Å². The Bertz CT molecular complexity index is 984. The molecule has 4 rings (SSSR count). The number of nitrogens with two attached hydrogens (primary N) is 1. The number of aryl methyl sites for hydroxylation is 3. The molecule has 3 N–H and O–H groups in total. The van der Waals surface area contributed by atoms with Gasteiger partial charge >= 0.3 is 0 Å². The van der Waals surface area contributed by atoms with Crippen LogP contribution in [0.4, 0.5) is 5.69 Å². The molecule has 28 heavy (non-hydrogen) atoms. The number of rotatable bonds is 3. The molecule has 0 bridgehead atoms. The van der Waals surface area contributed by atoms with Gasteiger partial charge in [-0.2, -0.15) is 0 Å². The molecular formula is C20H23Cl2N3O2S. The molecule has 1 atom stereocenters. The summed E-state index contributed by atoms with van der Waals surface area (Å²) >= 11 is 1.37. The van der Waals surface area contributed by atoms with E-state index in [-0.39, 0.29) is 36.8 Å². The number of carbonyl (C=O) groups is 1. The number of amides is 1. The van der Waals surface area contributed by atoms with Gasteiger partial charge in [0.05, 0.1) is 11.7 Å². The monoisotopic (exact) mass is 439 g/mol. The summed E-state index contributed by atoms with van der Waals surface area (Å²) in [6, 6.07) is 9.75. The number of benzene rings is 1. The molecular weight excluding hydrogens is 417 g/mol. The fourth-order valence-electron chi connectivity index (χ4n) is 3.47. The second-order valence-electron chi connectivity index (χ2n) is 6.72. The summed E-state index contributed by atoms with van der Waals surface area (Å²) in [5, 5.41) is 3.92. The molecule has 1 aliphatic carbocycles. The Balaban J connectivity index is 0.00000140. The van der Waals surface area contributed by atoms with E-state index >= 15 is 0 Å². The van der Waals surface area contributed by atoms with Crippen LogP contribution in [-0.2, 0) is 6.42 Å². The summed E-state index contributed by atoms with van der Waals surface area (Å²) in [5.74, 6) is 1.45. The maximum absolute atomic E-state index is 12.9. The molecule has 0 spiro atoms. The van der Waals surface area contributed by atoms with Crippen molar-refractivity contribution in [3.63, 3.8) is 0 Å². The average Bonchev–Trinajstić information content (AvgIpc) is 3.20. The van der Waals surface area contributed by atoms with Crippen LogP contribution in [0.1, 0.15) is 51.1 Å². The van der Waals surface area contributed by atoms with Gasteiger partial charge in [0.1, 0.15) is 10.6 Å². The first-order valence-corrected chi connectivity index (χ1v) is 9.56. The number of anilines is 1. The number of hydrogen-bond donors (Lipinski definition) is 2. The first kappa shape index (κ1) is 22.3. The fraction of sp³-hybridized carbons (Fsp3) is 0.300. The van der Waals surface area contributed by atoms with Crippen LogP contribution in [0.25, 0.3) is 10.8 Å². The predicted molar refractivity (Wildman–Crippen MR) is 118 cm³/mol. The molecule has 0 aliphatic heterocycles. The van der Waals surface area contributed by atoms with Crippen molar-refractivity contribution in [2.45, 2.75) is 39.2 Å². The van der Waals surface area contributed by atoms with E-state index in [0.29, 0.717) is 10.6 Å². The highest BCUT2D eigenvalue weighted by molar-refractivity contribution is 7.17. The van der Waals surface area contributed by atoms with Gasteiger partial charge in [-0.25, -0.2) is 4.98 Å². The van der Waals surface area contributed by atoms with Crippen molar-refractivity contribution >= 4 is 47.7 Å². The normalized spacial score (nSPS) is 15.1. The maximum Gasteiger partial charge on any atom is 0.263 e. The third-order valence-corrected chi connectivity index (χ3v) is 5.91. The Hall–Kier alpha value is -2.02. The lowest BCUT2D eigenvalue weighted by molar-refractivity contribution is 0.0936. The standard InChI is InChI=1S/C20H21N3O2S.2ClH/c1-11-6-9-17(25-11)20-22-12(2)18(26-20)19(24)23-16-5-3-4-13-10-14(21)7-8-15(13)16;;/h6-10,16H,3-5,21H2,1-2H3,(H,23,24);2*1H. The molecule has 0 fully saturated rings. The van der Waals surface area contributed by atoms with Gasteiger partial charge in [0, 0.05) is 5.69 Å². The van der Waals surface area contributed by atoms with Gasteiger partial charge < -0.3 is 15.5 Å². The minimum absolute atomic E-state index is 0. The summed E-state index contributed by atoms with van der Waals surface area (Å²) in [5.41, 5.74) is 9.79. The van der Waals surface area contributed by atoms with E-state index in [4.69, 9.17) is 10.2 Å². The van der Waals surface area contributed by atoms with Gasteiger partial charge in [0.2, 0.25) is 0 Å². The lowest BCUT2D eigenvalue weighted by Crippen LogP contribution is -2.30. The summed E-state index contributed by atoms with van der Waals surface area (Å²) in [4.78, 5) is 18.0. The zero-order valence-corrected chi connectivity index (χ0v) is 18.1. The smallest absolute Gasteiger partial charge is 0.263 e. The van der Waals surface area contributed by atoms with Crippen LogP contribution < -0.4 is 11.1 Å². The lowest BCUT2D eigenvalue weighted by atomic mass is 9.87. The zero-order valence-electron chi connectivity index (χ0n) is 15.7. The number of hydrogen-bond acceptors (Lipinski definition) is 5. The Morgan fingerprint density at radius 3 is 2.75 bits per heavy atom. The van der Waals surface area contributed by atoms with E-state index < -0.39 is 0 Å². The van der Waals surface area contributed by atoms with E-state index in [1.54, 1.807) is 0 Å². The van der Waals surface area contributed by atoms with Crippen molar-refractivity contribution in [2.75, 3.05) is 5.73 Å². The Kier molecular flexibility index (Phi) is 7.15. The molecule has 2 heterocycles. The summed E-state index contributed by atoms with van der Waals surface area (Å²) in [6.07, 6.45) is 2.99. The van der Waals surface area contributed by atoms with Crippen molar-refractivity contribution in [3.8, 4) is 10.8 Å². The summed E-state index contributed by atoms with van der Waals surface area (Å²) in [6.45, 7) is 3.76. The number of carbonyl (C=O) groups excluding carboxylic acids is 1. The van der Waals surface area contributed by atoms with Crippen LogP contribution >= 0.6 is 36.2 Å². The SMILES string of the molecule is Cc1ccc(-c2nc(C)c(C(=O)NC3CCCc4cc(N)ccc43)s2)o1.Cl.Cl. The molecule has 1 amide bonds. The van der Waals surface area contributed by atoms with Crippen LogP contribution in [0.15, 0.2) is 34.7 Å². The van der Waals surface area contributed by atoms with Crippen molar-refractivity contribution in [1.29, 1.82) is 0 Å². The van der Waals surface area contributed by atoms with E-state index in [0.717, 1.165) is 41.4 Å². The molecule has 0 radical (unpaired) electrons. The van der Waals surface area contributed by atoms with E-state index in [2.05, 4.69) is 10.3 Å². The Morgan fingerprint density at radius 2 is 2.04 bits per heavy atom. The van der Waals surface area contributed by atoms with Gasteiger partial charge in [0.15, 0.2) is 10.8 Å².